The second kappa shape index (κ2) is 9.05. The highest BCUT2D eigenvalue weighted by Crippen LogP contribution is 2.30. The lowest BCUT2D eigenvalue weighted by molar-refractivity contribution is -0.136. The van der Waals surface area contributed by atoms with Crippen LogP contribution in [0.3, 0.4) is 0 Å². The van der Waals surface area contributed by atoms with Gasteiger partial charge >= 0.3 is 11.9 Å². The molecule has 0 aliphatic carbocycles. The molecule has 2 heterocycles. The van der Waals surface area contributed by atoms with E-state index in [-0.39, 0.29) is 12.4 Å². The fourth-order valence-corrected chi connectivity index (χ4v) is 4.25. The topological polar surface area (TPSA) is 65.6 Å². The van der Waals surface area contributed by atoms with Crippen LogP contribution in [-0.4, -0.2) is 30.7 Å². The molecule has 0 atom stereocenters. The molecule has 0 fully saturated rings. The number of nitrogens with zero attached hydrogens (tertiary/aromatic N) is 5. The molecule has 0 aliphatic heterocycles. The quantitative estimate of drug-likeness (QED) is 0.349. The molecule has 0 saturated heterocycles. The summed E-state index contributed by atoms with van der Waals surface area (Å²) in [5.74, 6) is 0.117. The van der Waals surface area contributed by atoms with Crippen molar-refractivity contribution in [2.75, 3.05) is 0 Å². The molecule has 2 aromatic heterocycles. The molecule has 4 rings (SSSR count). The molecular formula is C20H14Cl2F3N5OS. The van der Waals surface area contributed by atoms with Crippen molar-refractivity contribution < 1.29 is 13.2 Å². The molecule has 32 heavy (non-hydrogen) atoms. The molecule has 4 aromatic rings. The van der Waals surface area contributed by atoms with E-state index in [0.29, 0.717) is 31.2 Å². The summed E-state index contributed by atoms with van der Waals surface area (Å²) in [6, 6.07) is 13.5. The van der Waals surface area contributed by atoms with Crippen LogP contribution in [0.4, 0.5) is 13.2 Å². The van der Waals surface area contributed by atoms with E-state index in [1.165, 1.54) is 11.3 Å². The lowest BCUT2D eigenvalue weighted by atomic mass is 10.2. The van der Waals surface area contributed by atoms with Crippen LogP contribution in [0, 0.1) is 0 Å². The van der Waals surface area contributed by atoms with Crippen LogP contribution in [0.15, 0.2) is 53.3 Å². The summed E-state index contributed by atoms with van der Waals surface area (Å²) in [6.45, 7) is -0.595. The average Bonchev–Trinajstić information content (AvgIpc) is 3.32. The SMILES string of the molecule is O=c1n(Cc2nnc(-c3ccccc3Cl)s2)nc(-c2ccc(Cl)cc2)n1CCC(F)(F)F. The Kier molecular flexibility index (Phi) is 6.36. The fourth-order valence-electron chi connectivity index (χ4n) is 2.99. The third-order valence-electron chi connectivity index (χ3n) is 4.50. The minimum atomic E-state index is -4.41. The van der Waals surface area contributed by atoms with Gasteiger partial charge < -0.3 is 0 Å². The van der Waals surface area contributed by atoms with Gasteiger partial charge in [-0.3, -0.25) is 4.57 Å². The Hall–Kier alpha value is -2.69. The van der Waals surface area contributed by atoms with E-state index in [1.807, 2.05) is 6.07 Å². The standard InChI is InChI=1S/C20H14Cl2F3N5OS/c21-13-7-5-12(6-8-13)17-28-30(19(31)29(17)10-9-20(23,24)25)11-16-26-27-18(32-16)14-3-1-2-4-15(14)22/h1-8H,9-11H2. The predicted octanol–water partition coefficient (Wildman–Crippen LogP) is 5.54. The van der Waals surface area contributed by atoms with Crippen LogP contribution in [0.25, 0.3) is 22.0 Å². The number of rotatable bonds is 6. The van der Waals surface area contributed by atoms with Gasteiger partial charge in [-0.1, -0.05) is 52.7 Å². The molecule has 0 aliphatic rings. The van der Waals surface area contributed by atoms with Crippen molar-refractivity contribution in [3.05, 3.63) is 74.1 Å². The predicted molar refractivity (Wildman–Crippen MR) is 117 cm³/mol. The molecule has 0 spiro atoms. The first-order chi connectivity index (χ1) is 15.2. The van der Waals surface area contributed by atoms with Crippen molar-refractivity contribution >= 4 is 34.5 Å². The average molecular weight is 500 g/mol. The van der Waals surface area contributed by atoms with Gasteiger partial charge in [0.25, 0.3) is 0 Å². The molecule has 0 N–H and O–H groups in total. The van der Waals surface area contributed by atoms with Crippen molar-refractivity contribution in [1.29, 1.82) is 0 Å². The van der Waals surface area contributed by atoms with Gasteiger partial charge in [-0.15, -0.1) is 15.3 Å². The van der Waals surface area contributed by atoms with Crippen LogP contribution >= 0.6 is 34.5 Å². The van der Waals surface area contributed by atoms with Gasteiger partial charge in [-0.2, -0.15) is 13.2 Å². The van der Waals surface area contributed by atoms with E-state index in [1.54, 1.807) is 42.5 Å². The summed E-state index contributed by atoms with van der Waals surface area (Å²) in [4.78, 5) is 12.9. The minimum Gasteiger partial charge on any atom is -0.275 e. The number of hydrogen-bond acceptors (Lipinski definition) is 5. The maximum absolute atomic E-state index is 12.9. The molecular weight excluding hydrogens is 486 g/mol. The Bertz CT molecular complexity index is 1300. The Balaban J connectivity index is 1.68. The summed E-state index contributed by atoms with van der Waals surface area (Å²) in [5, 5.41) is 14.5. The Labute approximate surface area is 193 Å². The van der Waals surface area contributed by atoms with Crippen molar-refractivity contribution in [2.24, 2.45) is 0 Å². The largest absolute Gasteiger partial charge is 0.390 e. The first kappa shape index (κ1) is 22.5. The van der Waals surface area contributed by atoms with E-state index in [4.69, 9.17) is 23.2 Å². The van der Waals surface area contributed by atoms with Crippen LogP contribution in [-0.2, 0) is 13.1 Å². The van der Waals surface area contributed by atoms with Gasteiger partial charge in [0.1, 0.15) is 16.6 Å². The number of alkyl halides is 3. The number of benzene rings is 2. The Morgan fingerprint density at radius 2 is 1.72 bits per heavy atom. The van der Waals surface area contributed by atoms with Crippen molar-refractivity contribution in [3.63, 3.8) is 0 Å². The molecule has 12 heteroatoms. The van der Waals surface area contributed by atoms with Gasteiger partial charge in [0, 0.05) is 22.7 Å². The second-order valence-corrected chi connectivity index (χ2v) is 8.67. The molecule has 166 valence electrons. The van der Waals surface area contributed by atoms with E-state index < -0.39 is 24.8 Å². The van der Waals surface area contributed by atoms with Crippen LogP contribution in [0.2, 0.25) is 10.0 Å². The summed E-state index contributed by atoms with van der Waals surface area (Å²) in [6.07, 6.45) is -5.57. The molecule has 0 amide bonds. The van der Waals surface area contributed by atoms with Crippen LogP contribution in [0.1, 0.15) is 11.4 Å². The molecule has 0 radical (unpaired) electrons. The summed E-state index contributed by atoms with van der Waals surface area (Å²) in [7, 11) is 0. The number of aromatic nitrogens is 5. The third-order valence-corrected chi connectivity index (χ3v) is 6.02. The van der Waals surface area contributed by atoms with E-state index in [9.17, 15) is 18.0 Å². The number of hydrogen-bond donors (Lipinski definition) is 0. The zero-order valence-electron chi connectivity index (χ0n) is 16.2. The van der Waals surface area contributed by atoms with Gasteiger partial charge in [0.05, 0.1) is 11.4 Å². The maximum atomic E-state index is 12.9. The summed E-state index contributed by atoms with van der Waals surface area (Å²) >= 11 is 13.3. The minimum absolute atomic E-state index is 0.0411. The first-order valence-electron chi connectivity index (χ1n) is 9.29. The Morgan fingerprint density at radius 3 is 2.41 bits per heavy atom. The van der Waals surface area contributed by atoms with Gasteiger partial charge in [0.15, 0.2) is 5.82 Å². The van der Waals surface area contributed by atoms with Crippen molar-refractivity contribution in [1.82, 2.24) is 24.5 Å². The molecule has 0 saturated carbocycles. The van der Waals surface area contributed by atoms with Crippen LogP contribution in [0.5, 0.6) is 0 Å². The monoisotopic (exact) mass is 499 g/mol. The maximum Gasteiger partial charge on any atom is 0.390 e. The van der Waals surface area contributed by atoms with Crippen molar-refractivity contribution in [3.8, 4) is 22.0 Å². The normalized spacial score (nSPS) is 11.8. The zero-order chi connectivity index (χ0) is 22.9. The Morgan fingerprint density at radius 1 is 1.00 bits per heavy atom. The van der Waals surface area contributed by atoms with Gasteiger partial charge in [-0.05, 0) is 30.3 Å². The van der Waals surface area contributed by atoms with E-state index >= 15 is 0 Å². The molecule has 2 aromatic carbocycles. The van der Waals surface area contributed by atoms with Crippen molar-refractivity contribution in [2.45, 2.75) is 25.7 Å². The molecule has 0 bridgehead atoms. The van der Waals surface area contributed by atoms with Gasteiger partial charge in [-0.25, -0.2) is 9.48 Å². The third kappa shape index (κ3) is 5.03. The van der Waals surface area contributed by atoms with E-state index in [2.05, 4.69) is 15.3 Å². The molecule has 0 unspecified atom stereocenters. The smallest absolute Gasteiger partial charge is 0.275 e. The first-order valence-corrected chi connectivity index (χ1v) is 10.9. The van der Waals surface area contributed by atoms with E-state index in [0.717, 1.165) is 9.25 Å². The second-order valence-electron chi connectivity index (χ2n) is 6.77. The lowest BCUT2D eigenvalue weighted by Gasteiger charge is -2.08. The summed E-state index contributed by atoms with van der Waals surface area (Å²) < 4.78 is 40.6. The summed E-state index contributed by atoms with van der Waals surface area (Å²) in [5.41, 5.74) is 0.498. The highest BCUT2D eigenvalue weighted by molar-refractivity contribution is 7.14. The van der Waals surface area contributed by atoms with Gasteiger partial charge in [0.2, 0.25) is 0 Å². The molecule has 6 nitrogen and oxygen atoms in total. The van der Waals surface area contributed by atoms with Crippen LogP contribution < -0.4 is 5.69 Å². The number of halogens is 5. The fraction of sp³-hybridized carbons (Fsp3) is 0.200. The lowest BCUT2D eigenvalue weighted by Crippen LogP contribution is -2.27. The zero-order valence-corrected chi connectivity index (χ0v) is 18.5. The highest BCUT2D eigenvalue weighted by Gasteiger charge is 2.28. The highest BCUT2D eigenvalue weighted by atomic mass is 35.5.